The second-order valence-corrected chi connectivity index (χ2v) is 5.42. The molecule has 2 aromatic rings. The summed E-state index contributed by atoms with van der Waals surface area (Å²) >= 11 is 0. The smallest absolute Gasteiger partial charge is 0.356 e. The molecular weight excluding hydrogens is 296 g/mol. The lowest BCUT2D eigenvalue weighted by atomic mass is 10.2. The van der Waals surface area contributed by atoms with Crippen LogP contribution in [0.15, 0.2) is 42.7 Å². The molecule has 2 atom stereocenters. The lowest BCUT2D eigenvalue weighted by molar-refractivity contribution is -0.117. The maximum absolute atomic E-state index is 12.6. The van der Waals surface area contributed by atoms with Crippen LogP contribution < -0.4 is 10.2 Å². The molecular formula is C16H16N4O3. The second kappa shape index (κ2) is 6.04. The molecule has 0 saturated carbocycles. The van der Waals surface area contributed by atoms with E-state index in [2.05, 4.69) is 15.3 Å². The Labute approximate surface area is 133 Å². The number of aromatic nitrogens is 2. The third-order valence-electron chi connectivity index (χ3n) is 3.78. The van der Waals surface area contributed by atoms with E-state index in [-0.39, 0.29) is 17.6 Å². The number of amides is 1. The Kier molecular flexibility index (Phi) is 3.92. The van der Waals surface area contributed by atoms with Gasteiger partial charge in [-0.25, -0.2) is 14.8 Å². The Balaban J connectivity index is 1.74. The number of anilines is 2. The van der Waals surface area contributed by atoms with Gasteiger partial charge in [0.2, 0.25) is 5.91 Å². The van der Waals surface area contributed by atoms with Crippen molar-refractivity contribution in [2.45, 2.75) is 25.4 Å². The number of carboxylic acid groups (broad SMARTS) is 1. The molecule has 1 aromatic carbocycles. The number of carboxylic acids is 1. The number of hydrogen-bond acceptors (Lipinski definition) is 5. The second-order valence-electron chi connectivity index (χ2n) is 5.42. The third-order valence-corrected chi connectivity index (χ3v) is 3.78. The molecule has 1 aromatic heterocycles. The van der Waals surface area contributed by atoms with E-state index in [4.69, 9.17) is 5.11 Å². The summed E-state index contributed by atoms with van der Waals surface area (Å²) in [6.07, 6.45) is 3.13. The van der Waals surface area contributed by atoms with Crippen molar-refractivity contribution in [3.05, 3.63) is 48.4 Å². The largest absolute Gasteiger partial charge is 0.476 e. The van der Waals surface area contributed by atoms with Gasteiger partial charge in [-0.1, -0.05) is 18.2 Å². The fourth-order valence-corrected chi connectivity index (χ4v) is 2.71. The van der Waals surface area contributed by atoms with Gasteiger partial charge in [-0.2, -0.15) is 0 Å². The molecule has 1 aliphatic heterocycles. The zero-order chi connectivity index (χ0) is 16.4. The zero-order valence-corrected chi connectivity index (χ0v) is 12.5. The van der Waals surface area contributed by atoms with Crippen LogP contribution in [0.4, 0.5) is 11.5 Å². The molecule has 7 nitrogen and oxygen atoms in total. The minimum atomic E-state index is -1.13. The molecule has 2 unspecified atom stereocenters. The molecule has 0 aliphatic carbocycles. The van der Waals surface area contributed by atoms with Gasteiger partial charge in [0.1, 0.15) is 11.9 Å². The maximum atomic E-state index is 12.6. The predicted octanol–water partition coefficient (Wildman–Crippen LogP) is 1.78. The number of aromatic carboxylic acids is 1. The van der Waals surface area contributed by atoms with Crippen LogP contribution in [0, 0.1) is 0 Å². The summed E-state index contributed by atoms with van der Waals surface area (Å²) in [6, 6.07) is 9.16. The van der Waals surface area contributed by atoms with Crippen molar-refractivity contribution in [1.29, 1.82) is 0 Å². The zero-order valence-electron chi connectivity index (χ0n) is 12.5. The topological polar surface area (TPSA) is 95.4 Å². The Bertz CT molecular complexity index is 718. The first-order chi connectivity index (χ1) is 11.1. The Morgan fingerprint density at radius 2 is 2.00 bits per heavy atom. The Morgan fingerprint density at radius 3 is 2.61 bits per heavy atom. The van der Waals surface area contributed by atoms with Crippen molar-refractivity contribution in [3.8, 4) is 0 Å². The van der Waals surface area contributed by atoms with Crippen molar-refractivity contribution >= 4 is 23.4 Å². The first-order valence-electron chi connectivity index (χ1n) is 7.26. The normalized spacial score (nSPS) is 20.6. The minimum absolute atomic E-state index is 0.0344. The lowest BCUT2D eigenvalue weighted by Crippen LogP contribution is -2.35. The van der Waals surface area contributed by atoms with Crippen LogP contribution in [0.5, 0.6) is 0 Å². The van der Waals surface area contributed by atoms with Crippen LogP contribution in [0.1, 0.15) is 23.8 Å². The molecule has 1 aliphatic rings. The predicted molar refractivity (Wildman–Crippen MR) is 84.4 cm³/mol. The van der Waals surface area contributed by atoms with E-state index in [9.17, 15) is 9.59 Å². The van der Waals surface area contributed by atoms with Crippen LogP contribution in [-0.2, 0) is 4.79 Å². The van der Waals surface area contributed by atoms with Crippen LogP contribution in [-0.4, -0.2) is 39.0 Å². The van der Waals surface area contributed by atoms with Gasteiger partial charge in [0.25, 0.3) is 0 Å². The molecule has 1 fully saturated rings. The summed E-state index contributed by atoms with van der Waals surface area (Å²) in [6.45, 7) is 1.99. The summed E-state index contributed by atoms with van der Waals surface area (Å²) in [4.78, 5) is 32.9. The average Bonchev–Trinajstić information content (AvgIpc) is 2.82. The number of hydrogen-bond donors (Lipinski definition) is 2. The van der Waals surface area contributed by atoms with E-state index in [1.54, 1.807) is 4.90 Å². The summed E-state index contributed by atoms with van der Waals surface area (Å²) in [7, 11) is 0. The van der Waals surface area contributed by atoms with E-state index in [0.29, 0.717) is 12.2 Å². The first kappa shape index (κ1) is 15.0. The van der Waals surface area contributed by atoms with E-state index >= 15 is 0 Å². The van der Waals surface area contributed by atoms with E-state index in [1.165, 1.54) is 12.4 Å². The number of carbonyl (C=O) groups is 2. The van der Waals surface area contributed by atoms with Crippen LogP contribution >= 0.6 is 0 Å². The van der Waals surface area contributed by atoms with Gasteiger partial charge in [-0.05, 0) is 25.5 Å². The van der Waals surface area contributed by atoms with Gasteiger partial charge in [-0.15, -0.1) is 0 Å². The summed E-state index contributed by atoms with van der Waals surface area (Å²) in [5.41, 5.74) is 0.731. The monoisotopic (exact) mass is 312 g/mol. The van der Waals surface area contributed by atoms with Gasteiger partial charge in [0.05, 0.1) is 12.4 Å². The highest BCUT2D eigenvalue weighted by molar-refractivity contribution is 6.01. The molecule has 118 valence electrons. The summed E-state index contributed by atoms with van der Waals surface area (Å²) in [5, 5.41) is 11.8. The van der Waals surface area contributed by atoms with E-state index in [0.717, 1.165) is 5.69 Å². The number of nitrogens with one attached hydrogen (secondary N) is 1. The first-order valence-corrected chi connectivity index (χ1v) is 7.26. The van der Waals surface area contributed by atoms with Crippen molar-refractivity contribution < 1.29 is 14.7 Å². The highest BCUT2D eigenvalue weighted by atomic mass is 16.4. The molecule has 0 radical (unpaired) electrons. The lowest BCUT2D eigenvalue weighted by Gasteiger charge is -2.21. The summed E-state index contributed by atoms with van der Waals surface area (Å²) in [5.74, 6) is -0.784. The molecule has 7 heteroatoms. The quantitative estimate of drug-likeness (QED) is 0.893. The van der Waals surface area contributed by atoms with Gasteiger partial charge in [-0.3, -0.25) is 4.79 Å². The number of nitrogens with zero attached hydrogens (tertiary/aromatic N) is 3. The fraction of sp³-hybridized carbons (Fsp3) is 0.250. The molecule has 2 N–H and O–H groups in total. The number of carbonyl (C=O) groups excluding carboxylic acids is 1. The van der Waals surface area contributed by atoms with Crippen LogP contribution in [0.2, 0.25) is 0 Å². The van der Waals surface area contributed by atoms with E-state index in [1.807, 2.05) is 37.3 Å². The molecule has 0 bridgehead atoms. The van der Waals surface area contributed by atoms with Crippen molar-refractivity contribution in [2.24, 2.45) is 0 Å². The molecule has 1 amide bonds. The standard InChI is InChI=1S/C16H16N4O3/c1-10-7-12(15(21)20(10)11-5-3-2-4-6-11)19-14-9-17-13(8-18-14)16(22)23/h2-6,8-10,12H,7H2,1H3,(H,18,19)(H,22,23). The van der Waals surface area contributed by atoms with Gasteiger partial charge >= 0.3 is 5.97 Å². The molecule has 3 rings (SSSR count). The SMILES string of the molecule is CC1CC(Nc2cnc(C(=O)O)cn2)C(=O)N1c1ccccc1. The van der Waals surface area contributed by atoms with Crippen molar-refractivity contribution in [1.82, 2.24) is 9.97 Å². The van der Waals surface area contributed by atoms with Crippen LogP contribution in [0.25, 0.3) is 0 Å². The molecule has 23 heavy (non-hydrogen) atoms. The highest BCUT2D eigenvalue weighted by Gasteiger charge is 2.38. The number of para-hydroxylation sites is 1. The van der Waals surface area contributed by atoms with Crippen molar-refractivity contribution in [3.63, 3.8) is 0 Å². The minimum Gasteiger partial charge on any atom is -0.476 e. The maximum Gasteiger partial charge on any atom is 0.356 e. The van der Waals surface area contributed by atoms with Crippen LogP contribution in [0.3, 0.4) is 0 Å². The fourth-order valence-electron chi connectivity index (χ4n) is 2.71. The molecule has 0 spiro atoms. The summed E-state index contributed by atoms with van der Waals surface area (Å²) < 4.78 is 0. The van der Waals surface area contributed by atoms with Gasteiger partial charge in [0, 0.05) is 11.7 Å². The Hall–Kier alpha value is -2.96. The molecule has 1 saturated heterocycles. The van der Waals surface area contributed by atoms with Gasteiger partial charge in [0.15, 0.2) is 5.69 Å². The number of rotatable bonds is 4. The Morgan fingerprint density at radius 1 is 1.26 bits per heavy atom. The van der Waals surface area contributed by atoms with E-state index < -0.39 is 12.0 Å². The number of benzene rings is 1. The molecule has 2 heterocycles. The van der Waals surface area contributed by atoms with Crippen molar-refractivity contribution in [2.75, 3.05) is 10.2 Å². The van der Waals surface area contributed by atoms with Gasteiger partial charge < -0.3 is 15.3 Å². The average molecular weight is 312 g/mol. The third kappa shape index (κ3) is 2.98. The highest BCUT2D eigenvalue weighted by Crippen LogP contribution is 2.27.